The lowest BCUT2D eigenvalue weighted by Crippen LogP contribution is -2.39. The number of nitrogens with zero attached hydrogens (tertiary/aromatic N) is 3. The minimum atomic E-state index is -0.674. The SMILES string of the molecule is CCN(CC)C(=O)c1sc2c(c1C)c(=O)n(-c1ccc(Cl)c(Cl)c1)c(=O)n2Cc1ccccc1F. The molecular formula is C25H22Cl2FN3O3S. The molecule has 182 valence electrons. The Kier molecular flexibility index (Phi) is 7.17. The molecule has 10 heteroatoms. The highest BCUT2D eigenvalue weighted by atomic mass is 35.5. The minimum absolute atomic E-state index is 0.123. The summed E-state index contributed by atoms with van der Waals surface area (Å²) in [6.07, 6.45) is 0. The summed E-state index contributed by atoms with van der Waals surface area (Å²) in [4.78, 5) is 42.9. The Morgan fingerprint density at radius 2 is 1.74 bits per heavy atom. The summed E-state index contributed by atoms with van der Waals surface area (Å²) >= 11 is 13.3. The van der Waals surface area contributed by atoms with Gasteiger partial charge in [-0.2, -0.15) is 0 Å². The van der Waals surface area contributed by atoms with E-state index in [0.717, 1.165) is 15.9 Å². The Morgan fingerprint density at radius 1 is 1.06 bits per heavy atom. The number of halogens is 3. The van der Waals surface area contributed by atoms with Crippen molar-refractivity contribution in [2.24, 2.45) is 0 Å². The van der Waals surface area contributed by atoms with Gasteiger partial charge in [-0.05, 0) is 50.6 Å². The smallest absolute Gasteiger partial charge is 0.337 e. The first kappa shape index (κ1) is 25.2. The van der Waals surface area contributed by atoms with E-state index in [2.05, 4.69) is 0 Å². The molecule has 0 N–H and O–H groups in total. The van der Waals surface area contributed by atoms with Crippen LogP contribution in [0.5, 0.6) is 0 Å². The zero-order valence-electron chi connectivity index (χ0n) is 19.3. The second kappa shape index (κ2) is 9.97. The predicted octanol–water partition coefficient (Wildman–Crippen LogP) is 5.50. The van der Waals surface area contributed by atoms with E-state index in [4.69, 9.17) is 23.2 Å². The van der Waals surface area contributed by atoms with E-state index < -0.39 is 17.1 Å². The Balaban J connectivity index is 2.08. The second-order valence-corrected chi connectivity index (χ2v) is 9.73. The van der Waals surface area contributed by atoms with E-state index in [9.17, 15) is 18.8 Å². The van der Waals surface area contributed by atoms with Crippen LogP contribution in [-0.4, -0.2) is 33.0 Å². The van der Waals surface area contributed by atoms with Gasteiger partial charge in [-0.3, -0.25) is 14.2 Å². The van der Waals surface area contributed by atoms with E-state index in [1.165, 1.54) is 28.8 Å². The third-order valence-corrected chi connectivity index (χ3v) is 7.95. The highest BCUT2D eigenvalue weighted by Gasteiger charge is 2.26. The van der Waals surface area contributed by atoms with Crippen molar-refractivity contribution in [2.45, 2.75) is 27.3 Å². The van der Waals surface area contributed by atoms with Crippen molar-refractivity contribution in [3.05, 3.63) is 95.2 Å². The Hall–Kier alpha value is -2.94. The molecule has 0 aliphatic rings. The van der Waals surface area contributed by atoms with Gasteiger partial charge < -0.3 is 4.90 Å². The van der Waals surface area contributed by atoms with Gasteiger partial charge in [-0.25, -0.2) is 13.8 Å². The second-order valence-electron chi connectivity index (χ2n) is 7.91. The van der Waals surface area contributed by atoms with Crippen LogP contribution in [0.1, 0.15) is 34.6 Å². The summed E-state index contributed by atoms with van der Waals surface area (Å²) in [7, 11) is 0. The maximum atomic E-state index is 14.5. The van der Waals surface area contributed by atoms with Gasteiger partial charge in [0, 0.05) is 18.7 Å². The van der Waals surface area contributed by atoms with Crippen molar-refractivity contribution in [1.29, 1.82) is 0 Å². The molecule has 0 saturated heterocycles. The number of aryl methyl sites for hydroxylation is 1. The van der Waals surface area contributed by atoms with Crippen LogP contribution in [0.4, 0.5) is 4.39 Å². The molecule has 0 saturated carbocycles. The molecule has 4 rings (SSSR count). The summed E-state index contributed by atoms with van der Waals surface area (Å²) in [5, 5.41) is 0.679. The van der Waals surface area contributed by atoms with Gasteiger partial charge in [-0.15, -0.1) is 11.3 Å². The van der Waals surface area contributed by atoms with Gasteiger partial charge in [0.15, 0.2) is 0 Å². The van der Waals surface area contributed by atoms with E-state index in [1.807, 2.05) is 13.8 Å². The fourth-order valence-electron chi connectivity index (χ4n) is 3.99. The molecule has 0 fully saturated rings. The topological polar surface area (TPSA) is 64.3 Å². The normalized spacial score (nSPS) is 11.3. The number of amides is 1. The van der Waals surface area contributed by atoms with Crippen LogP contribution in [0.25, 0.3) is 15.9 Å². The first-order chi connectivity index (χ1) is 16.7. The van der Waals surface area contributed by atoms with E-state index in [-0.39, 0.29) is 39.1 Å². The van der Waals surface area contributed by atoms with Gasteiger partial charge in [0.2, 0.25) is 0 Å². The summed E-state index contributed by atoms with van der Waals surface area (Å²) in [5.41, 5.74) is -0.283. The van der Waals surface area contributed by atoms with Crippen molar-refractivity contribution in [3.8, 4) is 5.69 Å². The standard InChI is InChI=1S/C25H22Cl2FN3O3S/c1-4-29(5-2)23(33)21-14(3)20-22(32)31(16-10-11-17(26)18(27)12-16)25(34)30(24(20)35-21)13-15-8-6-7-9-19(15)28/h6-12H,4-5,13H2,1-3H3. The molecule has 1 amide bonds. The number of thiophene rings is 1. The average molecular weight is 534 g/mol. The molecule has 0 atom stereocenters. The number of hydrogen-bond acceptors (Lipinski definition) is 4. The largest absolute Gasteiger partial charge is 0.338 e. The van der Waals surface area contributed by atoms with Crippen molar-refractivity contribution >= 4 is 50.7 Å². The quantitative estimate of drug-likeness (QED) is 0.328. The van der Waals surface area contributed by atoms with E-state index in [1.54, 1.807) is 30.0 Å². The molecule has 0 spiro atoms. The number of hydrogen-bond donors (Lipinski definition) is 0. The van der Waals surface area contributed by atoms with Gasteiger partial charge in [0.05, 0.1) is 32.5 Å². The molecule has 0 aliphatic carbocycles. The van der Waals surface area contributed by atoms with Gasteiger partial charge in [-0.1, -0.05) is 41.4 Å². The monoisotopic (exact) mass is 533 g/mol. The summed E-state index contributed by atoms with van der Waals surface area (Å²) in [5.74, 6) is -0.702. The summed E-state index contributed by atoms with van der Waals surface area (Å²) < 4.78 is 16.9. The first-order valence-corrected chi connectivity index (χ1v) is 12.5. The fourth-order valence-corrected chi connectivity index (χ4v) is 5.55. The van der Waals surface area contributed by atoms with Crippen molar-refractivity contribution in [1.82, 2.24) is 14.0 Å². The number of carbonyl (C=O) groups excluding carboxylic acids is 1. The molecule has 0 radical (unpaired) electrons. The molecule has 2 heterocycles. The lowest BCUT2D eigenvalue weighted by atomic mass is 10.1. The number of fused-ring (bicyclic) bond motifs is 1. The third kappa shape index (κ3) is 4.42. The number of aromatic nitrogens is 2. The highest BCUT2D eigenvalue weighted by Crippen LogP contribution is 2.30. The average Bonchev–Trinajstić information content (AvgIpc) is 3.18. The predicted molar refractivity (Wildman–Crippen MR) is 139 cm³/mol. The number of benzene rings is 2. The van der Waals surface area contributed by atoms with Crippen LogP contribution >= 0.6 is 34.5 Å². The van der Waals surface area contributed by atoms with E-state index >= 15 is 0 Å². The van der Waals surface area contributed by atoms with Crippen LogP contribution in [0, 0.1) is 12.7 Å². The maximum absolute atomic E-state index is 14.5. The van der Waals surface area contributed by atoms with E-state index in [0.29, 0.717) is 28.4 Å². The number of rotatable bonds is 6. The fraction of sp³-hybridized carbons (Fsp3) is 0.240. The first-order valence-electron chi connectivity index (χ1n) is 11.0. The molecule has 0 unspecified atom stereocenters. The summed E-state index contributed by atoms with van der Waals surface area (Å²) in [6.45, 7) is 6.30. The Morgan fingerprint density at radius 3 is 2.37 bits per heavy atom. The molecule has 35 heavy (non-hydrogen) atoms. The molecule has 6 nitrogen and oxygen atoms in total. The highest BCUT2D eigenvalue weighted by molar-refractivity contribution is 7.20. The van der Waals surface area contributed by atoms with Gasteiger partial charge in [0.1, 0.15) is 10.6 Å². The van der Waals surface area contributed by atoms with Crippen molar-refractivity contribution in [3.63, 3.8) is 0 Å². The third-order valence-electron chi connectivity index (χ3n) is 5.91. The van der Waals surface area contributed by atoms with Crippen molar-refractivity contribution in [2.75, 3.05) is 13.1 Å². The Labute approximate surface area is 214 Å². The zero-order chi connectivity index (χ0) is 25.4. The number of carbonyl (C=O) groups is 1. The van der Waals surface area contributed by atoms with Crippen LogP contribution in [0.15, 0.2) is 52.1 Å². The molecule has 4 aromatic rings. The molecular weight excluding hydrogens is 512 g/mol. The lowest BCUT2D eigenvalue weighted by molar-refractivity contribution is 0.0777. The van der Waals surface area contributed by atoms with Crippen LogP contribution in [-0.2, 0) is 6.54 Å². The van der Waals surface area contributed by atoms with Crippen LogP contribution in [0.3, 0.4) is 0 Å². The van der Waals surface area contributed by atoms with Gasteiger partial charge >= 0.3 is 5.69 Å². The van der Waals surface area contributed by atoms with Crippen LogP contribution in [0.2, 0.25) is 10.0 Å². The van der Waals surface area contributed by atoms with Gasteiger partial charge in [0.25, 0.3) is 11.5 Å². The zero-order valence-corrected chi connectivity index (χ0v) is 21.6. The Bertz CT molecular complexity index is 1570. The molecule has 2 aromatic heterocycles. The summed E-state index contributed by atoms with van der Waals surface area (Å²) in [6, 6.07) is 10.5. The lowest BCUT2D eigenvalue weighted by Gasteiger charge is -2.17. The molecule has 2 aromatic carbocycles. The minimum Gasteiger partial charge on any atom is -0.338 e. The molecule has 0 bridgehead atoms. The maximum Gasteiger partial charge on any atom is 0.337 e. The van der Waals surface area contributed by atoms with Crippen molar-refractivity contribution < 1.29 is 9.18 Å². The van der Waals surface area contributed by atoms with Crippen LogP contribution < -0.4 is 11.2 Å². The molecule has 0 aliphatic heterocycles.